The molecule has 0 N–H and O–H groups in total. The van der Waals surface area contributed by atoms with Crippen molar-refractivity contribution in [3.8, 4) is 5.75 Å². The van der Waals surface area contributed by atoms with Gasteiger partial charge in [-0.25, -0.2) is 0 Å². The number of benzene rings is 1. The van der Waals surface area contributed by atoms with E-state index >= 15 is 0 Å². The normalized spacial score (nSPS) is 16.2. The van der Waals surface area contributed by atoms with E-state index in [0.717, 1.165) is 56.2 Å². The van der Waals surface area contributed by atoms with E-state index in [4.69, 9.17) is 4.74 Å². The third-order valence-electron chi connectivity index (χ3n) is 5.30. The average Bonchev–Trinajstić information content (AvgIpc) is 2.70. The predicted octanol–water partition coefficient (Wildman–Crippen LogP) is 2.85. The van der Waals surface area contributed by atoms with E-state index in [0.29, 0.717) is 0 Å². The van der Waals surface area contributed by atoms with Crippen LogP contribution in [0, 0.1) is 13.8 Å². The van der Waals surface area contributed by atoms with Gasteiger partial charge in [-0.3, -0.25) is 14.7 Å². The zero-order valence-electron chi connectivity index (χ0n) is 16.5. The van der Waals surface area contributed by atoms with Crippen molar-refractivity contribution in [2.24, 2.45) is 0 Å². The third-order valence-corrected chi connectivity index (χ3v) is 5.30. The Balaban J connectivity index is 1.47. The van der Waals surface area contributed by atoms with Gasteiger partial charge in [0.15, 0.2) is 6.10 Å². The molecule has 27 heavy (non-hydrogen) atoms. The fourth-order valence-corrected chi connectivity index (χ4v) is 3.36. The van der Waals surface area contributed by atoms with Gasteiger partial charge in [0.25, 0.3) is 5.91 Å². The van der Waals surface area contributed by atoms with Crippen LogP contribution in [-0.2, 0) is 11.2 Å². The van der Waals surface area contributed by atoms with Crippen molar-refractivity contribution >= 4 is 5.91 Å². The molecule has 0 aliphatic carbocycles. The molecular formula is C22H29N3O2. The molecule has 1 unspecified atom stereocenters. The van der Waals surface area contributed by atoms with Gasteiger partial charge in [0.1, 0.15) is 5.75 Å². The Bertz CT molecular complexity index is 755. The van der Waals surface area contributed by atoms with Crippen LogP contribution in [-0.4, -0.2) is 59.5 Å². The second-order valence-electron chi connectivity index (χ2n) is 7.20. The molecule has 3 rings (SSSR count). The van der Waals surface area contributed by atoms with E-state index in [1.165, 1.54) is 5.56 Å². The summed E-state index contributed by atoms with van der Waals surface area (Å²) in [5.74, 6) is 0.866. The highest BCUT2D eigenvalue weighted by Gasteiger charge is 2.26. The van der Waals surface area contributed by atoms with Gasteiger partial charge in [0.2, 0.25) is 0 Å². The monoisotopic (exact) mass is 367 g/mol. The summed E-state index contributed by atoms with van der Waals surface area (Å²) in [5, 5.41) is 0. The van der Waals surface area contributed by atoms with Crippen LogP contribution in [0.3, 0.4) is 0 Å². The number of carbonyl (C=O) groups excluding carboxylic acids is 1. The Kier molecular flexibility index (Phi) is 6.45. The smallest absolute Gasteiger partial charge is 0.263 e. The van der Waals surface area contributed by atoms with Gasteiger partial charge in [0.05, 0.1) is 0 Å². The highest BCUT2D eigenvalue weighted by molar-refractivity contribution is 5.81. The summed E-state index contributed by atoms with van der Waals surface area (Å²) in [7, 11) is 0. The van der Waals surface area contributed by atoms with Crippen LogP contribution in [0.5, 0.6) is 5.75 Å². The molecule has 0 radical (unpaired) electrons. The minimum Gasteiger partial charge on any atom is -0.481 e. The van der Waals surface area contributed by atoms with Crippen LogP contribution in [0.1, 0.15) is 23.7 Å². The minimum absolute atomic E-state index is 0.0697. The van der Waals surface area contributed by atoms with Crippen LogP contribution in [0.15, 0.2) is 42.6 Å². The highest BCUT2D eigenvalue weighted by atomic mass is 16.5. The Labute approximate surface area is 162 Å². The number of hydrogen-bond acceptors (Lipinski definition) is 4. The Morgan fingerprint density at radius 1 is 1.11 bits per heavy atom. The lowest BCUT2D eigenvalue weighted by atomic mass is 10.1. The molecule has 1 aromatic carbocycles. The lowest BCUT2D eigenvalue weighted by Crippen LogP contribution is -2.52. The van der Waals surface area contributed by atoms with E-state index < -0.39 is 6.10 Å². The number of aromatic nitrogens is 1. The fraction of sp³-hybridized carbons (Fsp3) is 0.455. The first kappa shape index (κ1) is 19.4. The van der Waals surface area contributed by atoms with Crippen molar-refractivity contribution in [3.63, 3.8) is 0 Å². The zero-order valence-corrected chi connectivity index (χ0v) is 16.5. The van der Waals surface area contributed by atoms with Gasteiger partial charge in [-0.2, -0.15) is 0 Å². The molecule has 1 amide bonds. The van der Waals surface area contributed by atoms with Gasteiger partial charge in [-0.15, -0.1) is 0 Å². The Morgan fingerprint density at radius 3 is 2.59 bits per heavy atom. The molecule has 2 heterocycles. The first-order valence-corrected chi connectivity index (χ1v) is 9.68. The van der Waals surface area contributed by atoms with Crippen LogP contribution in [0.4, 0.5) is 0 Å². The quantitative estimate of drug-likeness (QED) is 0.788. The lowest BCUT2D eigenvalue weighted by Gasteiger charge is -2.35. The average molecular weight is 367 g/mol. The summed E-state index contributed by atoms with van der Waals surface area (Å²) >= 11 is 0. The molecule has 0 bridgehead atoms. The van der Waals surface area contributed by atoms with Crippen molar-refractivity contribution in [2.45, 2.75) is 33.3 Å². The molecule has 2 aromatic rings. The SMILES string of the molecule is Cc1cccc(OC(C)C(=O)N2CCN(CCc3ccccn3)CC2)c1C. The van der Waals surface area contributed by atoms with Crippen LogP contribution in [0.2, 0.25) is 0 Å². The fourth-order valence-electron chi connectivity index (χ4n) is 3.36. The van der Waals surface area contributed by atoms with E-state index in [-0.39, 0.29) is 5.91 Å². The molecule has 1 aliphatic heterocycles. The second kappa shape index (κ2) is 9.00. The number of amides is 1. The first-order valence-electron chi connectivity index (χ1n) is 9.68. The van der Waals surface area contributed by atoms with E-state index in [2.05, 4.69) is 28.9 Å². The molecule has 0 spiro atoms. The minimum atomic E-state index is -0.467. The number of pyridine rings is 1. The Morgan fingerprint density at radius 2 is 1.89 bits per heavy atom. The van der Waals surface area contributed by atoms with Gasteiger partial charge in [0, 0.05) is 51.0 Å². The first-order chi connectivity index (χ1) is 13.0. The molecular weight excluding hydrogens is 338 g/mol. The topological polar surface area (TPSA) is 45.7 Å². The largest absolute Gasteiger partial charge is 0.481 e. The summed E-state index contributed by atoms with van der Waals surface area (Å²) in [5.41, 5.74) is 3.39. The number of nitrogens with zero attached hydrogens (tertiary/aromatic N) is 3. The summed E-state index contributed by atoms with van der Waals surface area (Å²) in [4.78, 5) is 21.5. The molecule has 144 valence electrons. The second-order valence-corrected chi connectivity index (χ2v) is 7.20. The molecule has 5 nitrogen and oxygen atoms in total. The number of ether oxygens (including phenoxy) is 1. The number of aryl methyl sites for hydroxylation is 1. The van der Waals surface area contributed by atoms with Crippen LogP contribution < -0.4 is 4.74 Å². The zero-order chi connectivity index (χ0) is 19.2. The maximum Gasteiger partial charge on any atom is 0.263 e. The Hall–Kier alpha value is -2.40. The molecule has 5 heteroatoms. The molecule has 0 saturated carbocycles. The predicted molar refractivity (Wildman–Crippen MR) is 107 cm³/mol. The van der Waals surface area contributed by atoms with Crippen molar-refractivity contribution in [3.05, 3.63) is 59.4 Å². The van der Waals surface area contributed by atoms with Gasteiger partial charge in [-0.05, 0) is 50.1 Å². The molecule has 1 aliphatic rings. The highest BCUT2D eigenvalue weighted by Crippen LogP contribution is 2.22. The molecule has 1 fully saturated rings. The van der Waals surface area contributed by atoms with E-state index in [1.54, 1.807) is 0 Å². The van der Waals surface area contributed by atoms with Gasteiger partial charge < -0.3 is 9.64 Å². The van der Waals surface area contributed by atoms with Gasteiger partial charge in [-0.1, -0.05) is 18.2 Å². The van der Waals surface area contributed by atoms with Crippen molar-refractivity contribution in [1.29, 1.82) is 0 Å². The summed E-state index contributed by atoms with van der Waals surface area (Å²) < 4.78 is 5.96. The van der Waals surface area contributed by atoms with Crippen LogP contribution in [0.25, 0.3) is 0 Å². The summed E-state index contributed by atoms with van der Waals surface area (Å²) in [6.45, 7) is 10.2. The van der Waals surface area contributed by atoms with E-state index in [1.807, 2.05) is 49.2 Å². The number of piperazine rings is 1. The van der Waals surface area contributed by atoms with Crippen LogP contribution >= 0.6 is 0 Å². The summed E-state index contributed by atoms with van der Waals surface area (Å²) in [6.07, 6.45) is 2.31. The number of hydrogen-bond donors (Lipinski definition) is 0. The van der Waals surface area contributed by atoms with Crippen molar-refractivity contribution < 1.29 is 9.53 Å². The van der Waals surface area contributed by atoms with Crippen molar-refractivity contribution in [2.75, 3.05) is 32.7 Å². The number of rotatable bonds is 6. The van der Waals surface area contributed by atoms with Gasteiger partial charge >= 0.3 is 0 Å². The van der Waals surface area contributed by atoms with E-state index in [9.17, 15) is 4.79 Å². The number of carbonyl (C=O) groups is 1. The lowest BCUT2D eigenvalue weighted by molar-refractivity contribution is -0.139. The van der Waals surface area contributed by atoms with Crippen molar-refractivity contribution in [1.82, 2.24) is 14.8 Å². The third kappa shape index (κ3) is 5.07. The maximum absolute atomic E-state index is 12.8. The molecule has 1 atom stereocenters. The summed E-state index contributed by atoms with van der Waals surface area (Å²) in [6, 6.07) is 12.0. The standard InChI is InChI=1S/C22H29N3O2/c1-17-7-6-9-21(18(17)2)27-19(3)22(26)25-15-13-24(14-16-25)12-10-20-8-4-5-11-23-20/h4-9,11,19H,10,12-16H2,1-3H3. The molecule has 1 saturated heterocycles. The molecule has 1 aromatic heterocycles. The maximum atomic E-state index is 12.8.